The van der Waals surface area contributed by atoms with Crippen molar-refractivity contribution in [3.63, 3.8) is 0 Å². The predicted molar refractivity (Wildman–Crippen MR) is 65.9 cm³/mol. The zero-order chi connectivity index (χ0) is 12.5. The van der Waals surface area contributed by atoms with Crippen LogP contribution in [0.1, 0.15) is 13.3 Å². The van der Waals surface area contributed by atoms with E-state index in [9.17, 15) is 4.39 Å². The summed E-state index contributed by atoms with van der Waals surface area (Å²) in [4.78, 5) is 0. The van der Waals surface area contributed by atoms with Crippen molar-refractivity contribution in [1.82, 2.24) is 5.32 Å². The van der Waals surface area contributed by atoms with E-state index in [-0.39, 0.29) is 11.9 Å². The van der Waals surface area contributed by atoms with Gasteiger partial charge in [0.15, 0.2) is 0 Å². The Balaban J connectivity index is 2.44. The van der Waals surface area contributed by atoms with Gasteiger partial charge in [-0.1, -0.05) is 6.92 Å². The van der Waals surface area contributed by atoms with Crippen molar-refractivity contribution in [3.05, 3.63) is 30.1 Å². The van der Waals surface area contributed by atoms with Crippen LogP contribution in [0.4, 0.5) is 4.39 Å². The highest BCUT2D eigenvalue weighted by atomic mass is 19.1. The Labute approximate surface area is 102 Å². The lowest BCUT2D eigenvalue weighted by molar-refractivity contribution is 0.0807. The standard InChI is InChI=1S/C13H20FNO2/c1-3-8-15-9-13(10-16-2)17-12-6-4-11(14)5-7-12/h4-7,13,15H,3,8-10H2,1-2H3. The predicted octanol–water partition coefficient (Wildman–Crippen LogP) is 2.22. The molecule has 0 saturated heterocycles. The third kappa shape index (κ3) is 5.65. The molecule has 0 heterocycles. The van der Waals surface area contributed by atoms with Crippen LogP contribution >= 0.6 is 0 Å². The minimum absolute atomic E-state index is 0.0583. The third-order valence-electron chi connectivity index (χ3n) is 2.27. The Morgan fingerprint density at radius 1 is 1.29 bits per heavy atom. The number of methoxy groups -OCH3 is 1. The average Bonchev–Trinajstić information content (AvgIpc) is 2.32. The van der Waals surface area contributed by atoms with Crippen LogP contribution in [0.15, 0.2) is 24.3 Å². The first-order valence-electron chi connectivity index (χ1n) is 5.88. The highest BCUT2D eigenvalue weighted by Gasteiger charge is 2.09. The van der Waals surface area contributed by atoms with Crippen molar-refractivity contribution in [1.29, 1.82) is 0 Å². The summed E-state index contributed by atoms with van der Waals surface area (Å²) in [6.45, 7) is 4.29. The summed E-state index contributed by atoms with van der Waals surface area (Å²) >= 11 is 0. The Hall–Kier alpha value is -1.13. The Morgan fingerprint density at radius 3 is 2.59 bits per heavy atom. The van der Waals surface area contributed by atoms with Crippen molar-refractivity contribution in [2.75, 3.05) is 26.8 Å². The van der Waals surface area contributed by atoms with E-state index in [4.69, 9.17) is 9.47 Å². The molecule has 0 amide bonds. The summed E-state index contributed by atoms with van der Waals surface area (Å²) in [7, 11) is 1.64. The summed E-state index contributed by atoms with van der Waals surface area (Å²) in [6, 6.07) is 6.02. The molecule has 1 N–H and O–H groups in total. The van der Waals surface area contributed by atoms with Gasteiger partial charge in [-0.15, -0.1) is 0 Å². The molecule has 0 fully saturated rings. The minimum Gasteiger partial charge on any atom is -0.487 e. The number of rotatable bonds is 8. The van der Waals surface area contributed by atoms with Gasteiger partial charge in [0.05, 0.1) is 6.61 Å². The maximum absolute atomic E-state index is 12.7. The minimum atomic E-state index is -0.259. The molecule has 0 saturated carbocycles. The van der Waals surface area contributed by atoms with Crippen molar-refractivity contribution >= 4 is 0 Å². The van der Waals surface area contributed by atoms with Gasteiger partial charge in [0, 0.05) is 13.7 Å². The first-order chi connectivity index (χ1) is 8.26. The molecule has 1 rings (SSSR count). The van der Waals surface area contributed by atoms with Crippen LogP contribution in [0.3, 0.4) is 0 Å². The highest BCUT2D eigenvalue weighted by molar-refractivity contribution is 5.22. The lowest BCUT2D eigenvalue weighted by atomic mass is 10.3. The summed E-state index contributed by atoms with van der Waals surface area (Å²) in [6.07, 6.45) is 1.02. The van der Waals surface area contributed by atoms with Crippen molar-refractivity contribution in [3.8, 4) is 5.75 Å². The van der Waals surface area contributed by atoms with Crippen molar-refractivity contribution in [2.24, 2.45) is 0 Å². The van der Waals surface area contributed by atoms with Crippen LogP contribution in [-0.2, 0) is 4.74 Å². The lowest BCUT2D eigenvalue weighted by Crippen LogP contribution is -2.35. The summed E-state index contributed by atoms with van der Waals surface area (Å²) in [5.74, 6) is 0.400. The number of ether oxygens (including phenoxy) is 2. The molecular formula is C13H20FNO2. The van der Waals surface area contributed by atoms with Crippen LogP contribution in [0.2, 0.25) is 0 Å². The topological polar surface area (TPSA) is 30.5 Å². The van der Waals surface area contributed by atoms with Gasteiger partial charge in [-0.2, -0.15) is 0 Å². The largest absolute Gasteiger partial charge is 0.487 e. The molecule has 0 bridgehead atoms. The molecule has 0 aliphatic carbocycles. The Kier molecular flexibility index (Phi) is 6.58. The molecule has 17 heavy (non-hydrogen) atoms. The SMILES string of the molecule is CCCNCC(COC)Oc1ccc(F)cc1. The zero-order valence-electron chi connectivity index (χ0n) is 10.4. The first kappa shape index (κ1) is 13.9. The normalized spacial score (nSPS) is 12.4. The number of benzene rings is 1. The van der Waals surface area contributed by atoms with Gasteiger partial charge < -0.3 is 14.8 Å². The second-order valence-electron chi connectivity index (χ2n) is 3.85. The van der Waals surface area contributed by atoms with Gasteiger partial charge in [0.2, 0.25) is 0 Å². The molecule has 4 heteroatoms. The quantitative estimate of drug-likeness (QED) is 0.708. The van der Waals surface area contributed by atoms with E-state index in [1.54, 1.807) is 19.2 Å². The number of hydrogen-bond donors (Lipinski definition) is 1. The molecule has 1 aromatic carbocycles. The fourth-order valence-electron chi connectivity index (χ4n) is 1.47. The Morgan fingerprint density at radius 2 is 2.00 bits per heavy atom. The maximum atomic E-state index is 12.7. The Bertz CT molecular complexity index is 303. The van der Waals surface area contributed by atoms with E-state index in [2.05, 4.69) is 12.2 Å². The van der Waals surface area contributed by atoms with E-state index in [1.807, 2.05) is 0 Å². The monoisotopic (exact) mass is 241 g/mol. The molecule has 1 atom stereocenters. The molecule has 0 aliphatic rings. The molecule has 96 valence electrons. The molecule has 1 unspecified atom stereocenters. The molecule has 0 aliphatic heterocycles. The van der Waals surface area contributed by atoms with Gasteiger partial charge >= 0.3 is 0 Å². The number of hydrogen-bond acceptors (Lipinski definition) is 3. The summed E-state index contributed by atoms with van der Waals surface area (Å²) < 4.78 is 23.5. The fourth-order valence-corrected chi connectivity index (χ4v) is 1.47. The lowest BCUT2D eigenvalue weighted by Gasteiger charge is -2.18. The van der Waals surface area contributed by atoms with Gasteiger partial charge in [-0.25, -0.2) is 4.39 Å². The van der Waals surface area contributed by atoms with E-state index in [0.717, 1.165) is 19.5 Å². The molecule has 3 nitrogen and oxygen atoms in total. The molecule has 0 aromatic heterocycles. The van der Waals surface area contributed by atoms with Gasteiger partial charge in [0.25, 0.3) is 0 Å². The van der Waals surface area contributed by atoms with Crippen molar-refractivity contribution in [2.45, 2.75) is 19.4 Å². The molecular weight excluding hydrogens is 221 g/mol. The third-order valence-corrected chi connectivity index (χ3v) is 2.27. The zero-order valence-corrected chi connectivity index (χ0v) is 10.4. The molecule has 1 aromatic rings. The van der Waals surface area contributed by atoms with E-state index >= 15 is 0 Å². The average molecular weight is 241 g/mol. The van der Waals surface area contributed by atoms with Crippen LogP contribution in [0.5, 0.6) is 5.75 Å². The first-order valence-corrected chi connectivity index (χ1v) is 5.88. The highest BCUT2D eigenvalue weighted by Crippen LogP contribution is 2.13. The number of halogens is 1. The van der Waals surface area contributed by atoms with Crippen LogP contribution in [0, 0.1) is 5.82 Å². The fraction of sp³-hybridized carbons (Fsp3) is 0.538. The smallest absolute Gasteiger partial charge is 0.134 e. The van der Waals surface area contributed by atoms with E-state index in [1.165, 1.54) is 12.1 Å². The maximum Gasteiger partial charge on any atom is 0.134 e. The number of nitrogens with one attached hydrogen (secondary N) is 1. The van der Waals surface area contributed by atoms with E-state index in [0.29, 0.717) is 12.4 Å². The van der Waals surface area contributed by atoms with Gasteiger partial charge in [-0.05, 0) is 37.2 Å². The summed E-state index contributed by atoms with van der Waals surface area (Å²) in [5, 5.41) is 3.27. The van der Waals surface area contributed by atoms with Gasteiger partial charge in [-0.3, -0.25) is 0 Å². The van der Waals surface area contributed by atoms with Crippen LogP contribution < -0.4 is 10.1 Å². The summed E-state index contributed by atoms with van der Waals surface area (Å²) in [5.41, 5.74) is 0. The molecule has 0 radical (unpaired) electrons. The van der Waals surface area contributed by atoms with Crippen LogP contribution in [-0.4, -0.2) is 32.9 Å². The van der Waals surface area contributed by atoms with Crippen molar-refractivity contribution < 1.29 is 13.9 Å². The van der Waals surface area contributed by atoms with Crippen LogP contribution in [0.25, 0.3) is 0 Å². The van der Waals surface area contributed by atoms with Gasteiger partial charge in [0.1, 0.15) is 17.7 Å². The molecule has 0 spiro atoms. The second-order valence-corrected chi connectivity index (χ2v) is 3.85. The second kappa shape index (κ2) is 8.03. The van der Waals surface area contributed by atoms with E-state index < -0.39 is 0 Å².